The zero-order valence-electron chi connectivity index (χ0n) is 9.65. The summed E-state index contributed by atoms with van der Waals surface area (Å²) in [5.41, 5.74) is 0. The first kappa shape index (κ1) is 23.3. The number of rotatable bonds is 0. The van der Waals surface area contributed by atoms with Crippen LogP contribution in [0, 0.1) is 0 Å². The molecule has 0 aromatic heterocycles. The molecule has 0 unspecified atom stereocenters. The Labute approximate surface area is 145 Å². The van der Waals surface area contributed by atoms with Crippen molar-refractivity contribution in [3.05, 3.63) is 48.5 Å². The Morgan fingerprint density at radius 2 is 0.632 bits per heavy atom. The van der Waals surface area contributed by atoms with Gasteiger partial charge in [0.15, 0.2) is 0 Å². The smallest absolute Gasteiger partial charge is 0 e. The predicted octanol–water partition coefficient (Wildman–Crippen LogP) is -1.92. The van der Waals surface area contributed by atoms with Crippen molar-refractivity contribution in [2.45, 2.75) is 0 Å². The molecular formula is C12H10O5Sb2-4. The van der Waals surface area contributed by atoms with Gasteiger partial charge in [-0.25, -0.2) is 0 Å². The molecule has 0 aliphatic carbocycles. The average molecular weight is 478 g/mol. The van der Waals surface area contributed by atoms with Crippen LogP contribution in [0.3, 0.4) is 0 Å². The van der Waals surface area contributed by atoms with E-state index in [-0.39, 0.29) is 54.3 Å². The van der Waals surface area contributed by atoms with Gasteiger partial charge >= 0.3 is 0 Å². The third kappa shape index (κ3) is 8.87. The molecule has 19 heavy (non-hydrogen) atoms. The maximum Gasteiger partial charge on any atom is 0 e. The molecule has 2 aromatic rings. The molecule has 0 saturated carbocycles. The minimum Gasteiger partial charge on any atom is -0.873 e. The maximum absolute atomic E-state index is 10.3. The molecule has 2 aromatic carbocycles. The van der Waals surface area contributed by atoms with E-state index in [0.29, 0.717) is 0 Å². The van der Waals surface area contributed by atoms with Crippen molar-refractivity contribution in [2.75, 3.05) is 0 Å². The standard InChI is InChI=1S/2C6H6O2.H2O.2Sb/c2*7-5-3-1-2-4-6(5)8;;;/h2*1-4,7-8H;1H2;;/p-4. The quantitative estimate of drug-likeness (QED) is 0.410. The van der Waals surface area contributed by atoms with Gasteiger partial charge in [-0.05, 0) is 0 Å². The maximum atomic E-state index is 10.3. The molecule has 0 fully saturated rings. The summed E-state index contributed by atoms with van der Waals surface area (Å²) in [6, 6.07) is 11.2. The van der Waals surface area contributed by atoms with E-state index in [1.165, 1.54) is 24.3 Å². The second kappa shape index (κ2) is 12.3. The minimum absolute atomic E-state index is 0. The Morgan fingerprint density at radius 3 is 0.737 bits per heavy atom. The third-order valence-electron chi connectivity index (χ3n) is 1.70. The van der Waals surface area contributed by atoms with E-state index in [9.17, 15) is 20.4 Å². The van der Waals surface area contributed by atoms with Gasteiger partial charge in [-0.1, -0.05) is 48.5 Å². The molecule has 0 amide bonds. The SMILES string of the molecule is O.[O-]c1ccccc1[O-].[O-]c1ccccc1[O-].[Sb].[Sb]. The second-order valence-corrected chi connectivity index (χ2v) is 2.89. The van der Waals surface area contributed by atoms with Crippen LogP contribution in [0.5, 0.6) is 23.0 Å². The largest absolute Gasteiger partial charge is 0.873 e. The van der Waals surface area contributed by atoms with Crippen molar-refractivity contribution >= 4 is 48.9 Å². The summed E-state index contributed by atoms with van der Waals surface area (Å²) in [5, 5.41) is 41.2. The average Bonchev–Trinajstić information content (AvgIpc) is 2.28. The summed E-state index contributed by atoms with van der Waals surface area (Å²) in [4.78, 5) is 0. The van der Waals surface area contributed by atoms with Gasteiger partial charge in [0, 0.05) is 48.9 Å². The van der Waals surface area contributed by atoms with Crippen molar-refractivity contribution in [3.63, 3.8) is 0 Å². The van der Waals surface area contributed by atoms with E-state index in [0.717, 1.165) is 0 Å². The van der Waals surface area contributed by atoms with Crippen LogP contribution < -0.4 is 20.4 Å². The molecule has 0 aliphatic heterocycles. The molecule has 102 valence electrons. The van der Waals surface area contributed by atoms with Crippen molar-refractivity contribution in [1.82, 2.24) is 0 Å². The fourth-order valence-electron chi connectivity index (χ4n) is 0.900. The van der Waals surface area contributed by atoms with Crippen LogP contribution in [-0.4, -0.2) is 54.3 Å². The van der Waals surface area contributed by atoms with Gasteiger partial charge < -0.3 is 25.9 Å². The molecule has 0 heterocycles. The van der Waals surface area contributed by atoms with Gasteiger partial charge in [-0.3, -0.25) is 0 Å². The van der Waals surface area contributed by atoms with E-state index in [1.54, 1.807) is 24.3 Å². The molecule has 7 heteroatoms. The summed E-state index contributed by atoms with van der Waals surface area (Å²) >= 11 is 0. The molecule has 0 aliphatic rings. The molecule has 0 atom stereocenters. The van der Waals surface area contributed by atoms with Gasteiger partial charge in [0.25, 0.3) is 0 Å². The first-order chi connectivity index (χ1) is 7.61. The van der Waals surface area contributed by atoms with Gasteiger partial charge in [-0.2, -0.15) is 0 Å². The molecule has 0 spiro atoms. The summed E-state index contributed by atoms with van der Waals surface area (Å²) in [7, 11) is 0. The number of hydrogen-bond acceptors (Lipinski definition) is 4. The van der Waals surface area contributed by atoms with E-state index in [2.05, 4.69) is 0 Å². The van der Waals surface area contributed by atoms with Crippen LogP contribution in [0.1, 0.15) is 0 Å². The van der Waals surface area contributed by atoms with E-state index in [1.807, 2.05) is 0 Å². The van der Waals surface area contributed by atoms with E-state index in [4.69, 9.17) is 0 Å². The Hall–Kier alpha value is -0.764. The summed E-state index contributed by atoms with van der Waals surface area (Å²) in [6.07, 6.45) is 0. The zero-order chi connectivity index (χ0) is 12.0. The minimum atomic E-state index is -0.437. The normalized spacial score (nSPS) is 7.58. The summed E-state index contributed by atoms with van der Waals surface area (Å²) in [6.45, 7) is 0. The Bertz CT molecular complexity index is 380. The van der Waals surface area contributed by atoms with Crippen molar-refractivity contribution < 1.29 is 25.9 Å². The van der Waals surface area contributed by atoms with E-state index >= 15 is 0 Å². The van der Waals surface area contributed by atoms with Crippen molar-refractivity contribution in [2.24, 2.45) is 0 Å². The zero-order valence-corrected chi connectivity index (χ0v) is 14.8. The van der Waals surface area contributed by atoms with Gasteiger partial charge in [0.05, 0.1) is 0 Å². The number of benzene rings is 2. The van der Waals surface area contributed by atoms with Crippen LogP contribution in [0.25, 0.3) is 0 Å². The van der Waals surface area contributed by atoms with Crippen LogP contribution in [-0.2, 0) is 0 Å². The number of hydrogen-bond donors (Lipinski definition) is 0. The predicted molar refractivity (Wildman–Crippen MR) is 65.8 cm³/mol. The fraction of sp³-hybridized carbons (Fsp3) is 0. The molecule has 5 nitrogen and oxygen atoms in total. The topological polar surface area (TPSA) is 124 Å². The molecule has 6 radical (unpaired) electrons. The first-order valence-electron chi connectivity index (χ1n) is 4.47. The van der Waals surface area contributed by atoms with Crippen molar-refractivity contribution in [3.8, 4) is 23.0 Å². The molecule has 2 N–H and O–H groups in total. The fourth-order valence-corrected chi connectivity index (χ4v) is 0.900. The van der Waals surface area contributed by atoms with Crippen molar-refractivity contribution in [1.29, 1.82) is 0 Å². The first-order valence-corrected chi connectivity index (χ1v) is 4.47. The third-order valence-corrected chi connectivity index (χ3v) is 1.70. The van der Waals surface area contributed by atoms with Gasteiger partial charge in [-0.15, -0.1) is 23.0 Å². The van der Waals surface area contributed by atoms with Crippen LogP contribution in [0.4, 0.5) is 0 Å². The van der Waals surface area contributed by atoms with Gasteiger partial charge in [0.2, 0.25) is 0 Å². The van der Waals surface area contributed by atoms with Crippen LogP contribution in [0.2, 0.25) is 0 Å². The van der Waals surface area contributed by atoms with Gasteiger partial charge in [0.1, 0.15) is 0 Å². The summed E-state index contributed by atoms with van der Waals surface area (Å²) < 4.78 is 0. The Kier molecular flexibility index (Phi) is 15.1. The monoisotopic (exact) mass is 476 g/mol. The van der Waals surface area contributed by atoms with E-state index < -0.39 is 23.0 Å². The molecular weight excluding hydrogens is 468 g/mol. The second-order valence-electron chi connectivity index (χ2n) is 2.89. The molecule has 0 bridgehead atoms. The molecule has 2 rings (SSSR count). The van der Waals surface area contributed by atoms with Crippen LogP contribution >= 0.6 is 0 Å². The Balaban J connectivity index is -0.000000233. The summed E-state index contributed by atoms with van der Waals surface area (Å²) in [5.74, 6) is -1.75. The van der Waals surface area contributed by atoms with Crippen LogP contribution in [0.15, 0.2) is 48.5 Å². The number of para-hydroxylation sites is 4. The molecule has 0 saturated heterocycles. The Morgan fingerprint density at radius 1 is 0.474 bits per heavy atom.